The molecule has 4 heterocycles. The molecule has 0 spiro atoms. The van der Waals surface area contributed by atoms with Gasteiger partial charge in [-0.25, -0.2) is 17.9 Å². The van der Waals surface area contributed by atoms with Gasteiger partial charge in [-0.15, -0.1) is 16.4 Å². The van der Waals surface area contributed by atoms with E-state index >= 15 is 0 Å². The average molecular weight is 468 g/mol. The van der Waals surface area contributed by atoms with Gasteiger partial charge in [0.05, 0.1) is 0 Å². The molecule has 3 aromatic rings. The summed E-state index contributed by atoms with van der Waals surface area (Å²) < 4.78 is 30.1. The number of hydrogen-bond acceptors (Lipinski definition) is 7. The first-order valence-corrected chi connectivity index (χ1v) is 12.9. The molecule has 1 amide bonds. The highest BCUT2D eigenvalue weighted by Crippen LogP contribution is 2.27. The van der Waals surface area contributed by atoms with Crippen LogP contribution in [0.15, 0.2) is 45.5 Å². The molecular formula is C18H21N5O4S3. The first-order chi connectivity index (χ1) is 14.5. The molecule has 0 atom stereocenters. The summed E-state index contributed by atoms with van der Waals surface area (Å²) in [5.74, 6) is 1.10. The summed E-state index contributed by atoms with van der Waals surface area (Å²) in [5, 5.41) is 8.63. The molecule has 0 aromatic carbocycles. The van der Waals surface area contributed by atoms with Crippen molar-refractivity contribution in [1.29, 1.82) is 0 Å². The SMILES string of the molecule is O=C(NCCCn1nc2ccccn2c1=O)c1sccc1S(=O)(=O)N1CCSCC1. The standard InChI is InChI=1S/C18H21N5O4S3/c24-17(16-14(5-11-29-16)30(26,27)21-9-12-28-13-10-21)19-6-3-8-23-18(25)22-7-2-1-4-15(22)20-23/h1-2,4-5,7,11H,3,6,8-10,12-13H2,(H,19,24). The molecule has 0 bridgehead atoms. The number of aromatic nitrogens is 3. The maximum absolute atomic E-state index is 12.9. The second-order valence-corrected chi connectivity index (χ2v) is 10.7. The highest BCUT2D eigenvalue weighted by molar-refractivity contribution is 7.99. The number of thioether (sulfide) groups is 1. The number of hydrogen-bond donors (Lipinski definition) is 1. The number of amides is 1. The van der Waals surface area contributed by atoms with Crippen LogP contribution in [0.3, 0.4) is 0 Å². The van der Waals surface area contributed by atoms with Crippen molar-refractivity contribution in [2.45, 2.75) is 17.9 Å². The van der Waals surface area contributed by atoms with E-state index in [0.717, 1.165) is 22.8 Å². The Labute approximate surface area is 181 Å². The largest absolute Gasteiger partial charge is 0.351 e. The molecule has 1 aliphatic heterocycles. The fraction of sp³-hybridized carbons (Fsp3) is 0.389. The molecule has 3 aromatic heterocycles. The monoisotopic (exact) mass is 467 g/mol. The van der Waals surface area contributed by atoms with Crippen LogP contribution in [-0.4, -0.2) is 64.0 Å². The van der Waals surface area contributed by atoms with Crippen LogP contribution < -0.4 is 11.0 Å². The van der Waals surface area contributed by atoms with Gasteiger partial charge in [-0.1, -0.05) is 6.07 Å². The Morgan fingerprint density at radius 3 is 2.77 bits per heavy atom. The molecule has 0 radical (unpaired) electrons. The van der Waals surface area contributed by atoms with E-state index in [1.54, 1.807) is 35.5 Å². The van der Waals surface area contributed by atoms with Crippen LogP contribution in [0.2, 0.25) is 0 Å². The van der Waals surface area contributed by atoms with Crippen LogP contribution in [0.1, 0.15) is 16.1 Å². The maximum Gasteiger partial charge on any atom is 0.350 e. The number of aryl methyl sites for hydroxylation is 1. The second-order valence-electron chi connectivity index (χ2n) is 6.67. The third kappa shape index (κ3) is 4.17. The lowest BCUT2D eigenvalue weighted by Crippen LogP contribution is -2.38. The maximum atomic E-state index is 12.9. The Bertz CT molecular complexity index is 1210. The van der Waals surface area contributed by atoms with E-state index in [4.69, 9.17) is 0 Å². The quantitative estimate of drug-likeness (QED) is 0.522. The third-order valence-electron chi connectivity index (χ3n) is 4.74. The summed E-state index contributed by atoms with van der Waals surface area (Å²) in [6, 6.07) is 6.81. The Hall–Kier alpha value is -2.15. The molecular weight excluding hydrogens is 446 g/mol. The summed E-state index contributed by atoms with van der Waals surface area (Å²) in [5.41, 5.74) is 0.333. The molecule has 1 fully saturated rings. The van der Waals surface area contributed by atoms with Gasteiger partial charge in [0.15, 0.2) is 5.65 Å². The number of nitrogens with zero attached hydrogens (tertiary/aromatic N) is 4. The second kappa shape index (κ2) is 8.92. The highest BCUT2D eigenvalue weighted by Gasteiger charge is 2.31. The van der Waals surface area contributed by atoms with Gasteiger partial charge in [-0.05, 0) is 30.0 Å². The number of thiophene rings is 1. The number of pyridine rings is 1. The van der Waals surface area contributed by atoms with Crippen molar-refractivity contribution < 1.29 is 13.2 Å². The van der Waals surface area contributed by atoms with Gasteiger partial charge < -0.3 is 5.32 Å². The molecule has 30 heavy (non-hydrogen) atoms. The van der Waals surface area contributed by atoms with Crippen LogP contribution in [0.5, 0.6) is 0 Å². The number of carbonyl (C=O) groups is 1. The van der Waals surface area contributed by atoms with Gasteiger partial charge in [0, 0.05) is 43.9 Å². The van der Waals surface area contributed by atoms with E-state index < -0.39 is 15.9 Å². The van der Waals surface area contributed by atoms with E-state index in [0.29, 0.717) is 38.2 Å². The van der Waals surface area contributed by atoms with Crippen LogP contribution in [-0.2, 0) is 16.6 Å². The van der Waals surface area contributed by atoms with Gasteiger partial charge >= 0.3 is 5.69 Å². The minimum atomic E-state index is -3.68. The Morgan fingerprint density at radius 2 is 2.00 bits per heavy atom. The van der Waals surface area contributed by atoms with Gasteiger partial charge in [-0.2, -0.15) is 16.1 Å². The summed E-state index contributed by atoms with van der Waals surface area (Å²) >= 11 is 2.84. The average Bonchev–Trinajstić information content (AvgIpc) is 3.38. The number of sulfonamides is 1. The molecule has 12 heteroatoms. The van der Waals surface area contributed by atoms with Crippen molar-refractivity contribution in [3.63, 3.8) is 0 Å². The van der Waals surface area contributed by atoms with E-state index in [1.165, 1.54) is 19.5 Å². The first kappa shape index (κ1) is 21.1. The highest BCUT2D eigenvalue weighted by atomic mass is 32.2. The normalized spacial score (nSPS) is 15.5. The smallest absolute Gasteiger partial charge is 0.350 e. The Balaban J connectivity index is 1.37. The van der Waals surface area contributed by atoms with Gasteiger partial charge in [0.2, 0.25) is 10.0 Å². The lowest BCUT2D eigenvalue weighted by atomic mass is 10.4. The lowest BCUT2D eigenvalue weighted by Gasteiger charge is -2.25. The number of rotatable bonds is 7. The van der Waals surface area contributed by atoms with Crippen molar-refractivity contribution in [1.82, 2.24) is 23.8 Å². The molecule has 0 aliphatic carbocycles. The van der Waals surface area contributed by atoms with Gasteiger partial charge in [0.1, 0.15) is 9.77 Å². The third-order valence-corrected chi connectivity index (χ3v) is 8.67. The minimum absolute atomic E-state index is 0.0634. The number of nitrogens with one attached hydrogen (secondary N) is 1. The fourth-order valence-electron chi connectivity index (χ4n) is 3.22. The summed E-state index contributed by atoms with van der Waals surface area (Å²) in [6.07, 6.45) is 2.15. The van der Waals surface area contributed by atoms with Crippen molar-refractivity contribution in [3.05, 3.63) is 51.2 Å². The summed E-state index contributed by atoms with van der Waals surface area (Å²) in [7, 11) is -3.68. The zero-order valence-corrected chi connectivity index (χ0v) is 18.5. The molecule has 1 aliphatic rings. The van der Waals surface area contributed by atoms with Gasteiger partial charge in [-0.3, -0.25) is 9.20 Å². The van der Waals surface area contributed by atoms with Crippen LogP contribution in [0, 0.1) is 0 Å². The molecule has 9 nitrogen and oxygen atoms in total. The van der Waals surface area contributed by atoms with E-state index in [9.17, 15) is 18.0 Å². The van der Waals surface area contributed by atoms with Crippen LogP contribution in [0.4, 0.5) is 0 Å². The minimum Gasteiger partial charge on any atom is -0.351 e. The number of fused-ring (bicyclic) bond motifs is 1. The van der Waals surface area contributed by atoms with Crippen molar-refractivity contribution in [2.75, 3.05) is 31.1 Å². The molecule has 0 saturated carbocycles. The predicted octanol–water partition coefficient (Wildman–Crippen LogP) is 1.12. The fourth-order valence-corrected chi connectivity index (χ4v) is 7.11. The Kier molecular flexibility index (Phi) is 6.27. The van der Waals surface area contributed by atoms with Gasteiger partial charge in [0.25, 0.3) is 5.91 Å². The van der Waals surface area contributed by atoms with E-state index in [1.807, 2.05) is 6.07 Å². The molecule has 1 saturated heterocycles. The topological polar surface area (TPSA) is 106 Å². The van der Waals surface area contributed by atoms with E-state index in [-0.39, 0.29) is 15.5 Å². The van der Waals surface area contributed by atoms with Crippen LogP contribution >= 0.6 is 23.1 Å². The zero-order valence-electron chi connectivity index (χ0n) is 16.1. The molecule has 1 N–H and O–H groups in total. The predicted molar refractivity (Wildman–Crippen MR) is 117 cm³/mol. The summed E-state index contributed by atoms with van der Waals surface area (Å²) in [4.78, 5) is 25.1. The first-order valence-electron chi connectivity index (χ1n) is 9.46. The molecule has 160 valence electrons. The summed E-state index contributed by atoms with van der Waals surface area (Å²) in [6.45, 7) is 1.56. The lowest BCUT2D eigenvalue weighted by molar-refractivity contribution is 0.0953. The van der Waals surface area contributed by atoms with Crippen molar-refractivity contribution in [3.8, 4) is 0 Å². The van der Waals surface area contributed by atoms with Crippen molar-refractivity contribution in [2.24, 2.45) is 0 Å². The zero-order chi connectivity index (χ0) is 21.1. The number of carbonyl (C=O) groups excluding carboxylic acids is 1. The van der Waals surface area contributed by atoms with E-state index in [2.05, 4.69) is 10.4 Å². The molecule has 0 unspecified atom stereocenters. The van der Waals surface area contributed by atoms with Crippen molar-refractivity contribution >= 4 is 44.7 Å². The van der Waals surface area contributed by atoms with Crippen LogP contribution in [0.25, 0.3) is 5.65 Å². The molecule has 4 rings (SSSR count). The Morgan fingerprint density at radius 1 is 1.20 bits per heavy atom.